The van der Waals surface area contributed by atoms with E-state index in [-0.39, 0.29) is 18.2 Å². The number of methoxy groups -OCH3 is 2. The Labute approximate surface area is 165 Å². The molecule has 2 aromatic carbocycles. The second kappa shape index (κ2) is 8.33. The molecular weight excluding hydrogens is 356 g/mol. The lowest BCUT2D eigenvalue weighted by Crippen LogP contribution is -2.29. The summed E-state index contributed by atoms with van der Waals surface area (Å²) in [5.41, 5.74) is 3.52. The van der Waals surface area contributed by atoms with Gasteiger partial charge in [-0.1, -0.05) is 25.1 Å². The second-order valence-electron chi connectivity index (χ2n) is 6.90. The Morgan fingerprint density at radius 3 is 2.54 bits per heavy atom. The molecule has 0 bridgehead atoms. The topological polar surface area (TPSA) is 67.9 Å². The van der Waals surface area contributed by atoms with Crippen LogP contribution in [0.15, 0.2) is 36.4 Å². The Morgan fingerprint density at radius 2 is 1.86 bits per heavy atom. The number of hydrogen-bond acceptors (Lipinski definition) is 4. The highest BCUT2D eigenvalue weighted by atomic mass is 16.5. The molecule has 6 heteroatoms. The quantitative estimate of drug-likeness (QED) is 0.829. The van der Waals surface area contributed by atoms with Crippen molar-refractivity contribution in [2.24, 2.45) is 5.92 Å². The number of amides is 2. The summed E-state index contributed by atoms with van der Waals surface area (Å²) in [6.07, 6.45) is 1.04. The summed E-state index contributed by atoms with van der Waals surface area (Å²) in [5, 5.41) is 2.95. The van der Waals surface area contributed by atoms with Gasteiger partial charge in [-0.3, -0.25) is 9.59 Å². The van der Waals surface area contributed by atoms with Gasteiger partial charge in [0.1, 0.15) is 0 Å². The van der Waals surface area contributed by atoms with E-state index in [0.29, 0.717) is 23.7 Å². The van der Waals surface area contributed by atoms with Crippen LogP contribution >= 0.6 is 0 Å². The highest BCUT2D eigenvalue weighted by Gasteiger charge is 2.36. The zero-order chi connectivity index (χ0) is 20.3. The van der Waals surface area contributed by atoms with Crippen molar-refractivity contribution in [1.29, 1.82) is 0 Å². The van der Waals surface area contributed by atoms with Crippen molar-refractivity contribution in [3.8, 4) is 11.5 Å². The van der Waals surface area contributed by atoms with Gasteiger partial charge in [0.25, 0.3) is 0 Å². The van der Waals surface area contributed by atoms with Gasteiger partial charge in [-0.2, -0.15) is 0 Å². The third-order valence-electron chi connectivity index (χ3n) is 5.15. The molecule has 28 heavy (non-hydrogen) atoms. The van der Waals surface area contributed by atoms with Crippen LogP contribution in [-0.2, 0) is 16.0 Å². The Morgan fingerprint density at radius 1 is 1.18 bits per heavy atom. The minimum atomic E-state index is -0.398. The van der Waals surface area contributed by atoms with Crippen LogP contribution < -0.4 is 19.7 Å². The summed E-state index contributed by atoms with van der Waals surface area (Å²) < 4.78 is 10.6. The minimum Gasteiger partial charge on any atom is -0.493 e. The zero-order valence-electron chi connectivity index (χ0n) is 16.7. The lowest BCUT2D eigenvalue weighted by atomic mass is 10.1. The van der Waals surface area contributed by atoms with Crippen molar-refractivity contribution in [3.63, 3.8) is 0 Å². The van der Waals surface area contributed by atoms with E-state index in [0.717, 1.165) is 23.2 Å². The monoisotopic (exact) mass is 382 g/mol. The first kappa shape index (κ1) is 19.7. The minimum absolute atomic E-state index is 0.0231. The van der Waals surface area contributed by atoms with Gasteiger partial charge in [-0.05, 0) is 36.6 Å². The number of para-hydroxylation sites is 1. The van der Waals surface area contributed by atoms with Gasteiger partial charge in [0.15, 0.2) is 11.5 Å². The standard InChI is InChI=1S/C22H26N2O4/c1-5-15-8-6-7-9-18(15)24-13-16(11-21(24)25)22(26)23-17-12-20(28-4)19(27-3)10-14(17)2/h6-10,12,16H,5,11,13H2,1-4H3,(H,23,26). The number of anilines is 2. The largest absolute Gasteiger partial charge is 0.493 e. The predicted octanol–water partition coefficient (Wildman–Crippen LogP) is 3.57. The van der Waals surface area contributed by atoms with Crippen molar-refractivity contribution >= 4 is 23.2 Å². The first-order valence-electron chi connectivity index (χ1n) is 9.40. The maximum atomic E-state index is 12.8. The summed E-state index contributed by atoms with van der Waals surface area (Å²) in [6.45, 7) is 4.33. The molecule has 1 atom stereocenters. The van der Waals surface area contributed by atoms with Gasteiger partial charge in [0, 0.05) is 30.4 Å². The Hall–Kier alpha value is -3.02. The molecule has 1 heterocycles. The molecule has 0 saturated carbocycles. The van der Waals surface area contributed by atoms with Gasteiger partial charge < -0.3 is 19.7 Å². The van der Waals surface area contributed by atoms with E-state index in [4.69, 9.17) is 9.47 Å². The van der Waals surface area contributed by atoms with E-state index in [1.54, 1.807) is 25.2 Å². The maximum Gasteiger partial charge on any atom is 0.229 e. The molecule has 3 rings (SSSR count). The van der Waals surface area contributed by atoms with Crippen molar-refractivity contribution in [3.05, 3.63) is 47.5 Å². The van der Waals surface area contributed by atoms with E-state index >= 15 is 0 Å². The number of nitrogens with zero attached hydrogens (tertiary/aromatic N) is 1. The molecule has 1 unspecified atom stereocenters. The molecule has 0 aliphatic carbocycles. The van der Waals surface area contributed by atoms with Crippen LogP contribution in [0.25, 0.3) is 0 Å². The SMILES string of the molecule is CCc1ccccc1N1CC(C(=O)Nc2cc(OC)c(OC)cc2C)CC1=O. The average Bonchev–Trinajstić information content (AvgIpc) is 3.10. The molecule has 1 fully saturated rings. The summed E-state index contributed by atoms with van der Waals surface area (Å²) in [7, 11) is 3.12. The van der Waals surface area contributed by atoms with Crippen molar-refractivity contribution in [1.82, 2.24) is 0 Å². The van der Waals surface area contributed by atoms with Crippen LogP contribution in [0.5, 0.6) is 11.5 Å². The van der Waals surface area contributed by atoms with E-state index < -0.39 is 5.92 Å². The van der Waals surface area contributed by atoms with Crippen LogP contribution in [0.2, 0.25) is 0 Å². The number of aryl methyl sites for hydroxylation is 2. The molecule has 1 saturated heterocycles. The number of hydrogen-bond donors (Lipinski definition) is 1. The highest BCUT2D eigenvalue weighted by molar-refractivity contribution is 6.04. The van der Waals surface area contributed by atoms with E-state index in [9.17, 15) is 9.59 Å². The molecule has 1 aliphatic rings. The molecule has 1 N–H and O–H groups in total. The molecule has 0 aromatic heterocycles. The third kappa shape index (κ3) is 3.81. The fourth-order valence-corrected chi connectivity index (χ4v) is 3.54. The molecule has 2 aromatic rings. The normalized spacial score (nSPS) is 16.2. The van der Waals surface area contributed by atoms with Gasteiger partial charge in [-0.15, -0.1) is 0 Å². The van der Waals surface area contributed by atoms with Gasteiger partial charge in [-0.25, -0.2) is 0 Å². The van der Waals surface area contributed by atoms with Crippen molar-refractivity contribution < 1.29 is 19.1 Å². The Bertz CT molecular complexity index is 894. The molecule has 0 radical (unpaired) electrons. The van der Waals surface area contributed by atoms with Gasteiger partial charge >= 0.3 is 0 Å². The second-order valence-corrected chi connectivity index (χ2v) is 6.90. The van der Waals surface area contributed by atoms with E-state index in [1.807, 2.05) is 37.3 Å². The van der Waals surface area contributed by atoms with Crippen LogP contribution in [0.3, 0.4) is 0 Å². The lowest BCUT2D eigenvalue weighted by Gasteiger charge is -2.20. The fraction of sp³-hybridized carbons (Fsp3) is 0.364. The van der Waals surface area contributed by atoms with E-state index in [2.05, 4.69) is 12.2 Å². The molecule has 2 amide bonds. The summed E-state index contributed by atoms with van der Waals surface area (Å²) in [5.74, 6) is 0.566. The first-order chi connectivity index (χ1) is 13.5. The van der Waals surface area contributed by atoms with Crippen molar-refractivity contribution in [2.45, 2.75) is 26.7 Å². The Balaban J connectivity index is 1.77. The molecule has 6 nitrogen and oxygen atoms in total. The van der Waals surface area contributed by atoms with E-state index in [1.165, 1.54) is 0 Å². The zero-order valence-corrected chi connectivity index (χ0v) is 16.7. The molecule has 0 spiro atoms. The maximum absolute atomic E-state index is 12.8. The number of ether oxygens (including phenoxy) is 2. The first-order valence-corrected chi connectivity index (χ1v) is 9.40. The highest BCUT2D eigenvalue weighted by Crippen LogP contribution is 2.34. The van der Waals surface area contributed by atoms with Crippen LogP contribution in [0, 0.1) is 12.8 Å². The molecule has 148 valence electrons. The average molecular weight is 382 g/mol. The Kier molecular flexibility index (Phi) is 5.87. The van der Waals surface area contributed by atoms with Gasteiger partial charge in [0.2, 0.25) is 11.8 Å². The van der Waals surface area contributed by atoms with Crippen LogP contribution in [0.1, 0.15) is 24.5 Å². The number of nitrogens with one attached hydrogen (secondary N) is 1. The van der Waals surface area contributed by atoms with Crippen LogP contribution in [-0.4, -0.2) is 32.6 Å². The summed E-state index contributed by atoms with van der Waals surface area (Å²) >= 11 is 0. The summed E-state index contributed by atoms with van der Waals surface area (Å²) in [4.78, 5) is 27.1. The third-order valence-corrected chi connectivity index (χ3v) is 5.15. The van der Waals surface area contributed by atoms with Gasteiger partial charge in [0.05, 0.1) is 20.1 Å². The number of benzene rings is 2. The number of rotatable bonds is 6. The smallest absolute Gasteiger partial charge is 0.229 e. The fourth-order valence-electron chi connectivity index (χ4n) is 3.54. The number of carbonyl (C=O) groups excluding carboxylic acids is 2. The van der Waals surface area contributed by atoms with Crippen LogP contribution in [0.4, 0.5) is 11.4 Å². The molecular formula is C22H26N2O4. The number of carbonyl (C=O) groups is 2. The predicted molar refractivity (Wildman–Crippen MR) is 109 cm³/mol. The molecule has 1 aliphatic heterocycles. The lowest BCUT2D eigenvalue weighted by molar-refractivity contribution is -0.122. The van der Waals surface area contributed by atoms with Crippen molar-refractivity contribution in [2.75, 3.05) is 31.0 Å². The summed E-state index contributed by atoms with van der Waals surface area (Å²) in [6, 6.07) is 11.4.